The van der Waals surface area contributed by atoms with E-state index in [4.69, 9.17) is 12.2 Å². The average molecular weight is 342 g/mol. The van der Waals surface area contributed by atoms with Crippen LogP contribution in [0.1, 0.15) is 31.0 Å². The minimum atomic E-state index is -2.87. The molecule has 22 heavy (non-hydrogen) atoms. The summed E-state index contributed by atoms with van der Waals surface area (Å²) < 4.78 is 27.8. The molecule has 2 heterocycles. The standard InChI is InChI=1S/C14H22N4O2S2/c1-3-7-17-13(11-4-5-11)15-18(14(17)21)10-16(2)12-6-8-22(19,20)9-12/h3,11-12H,1,4-10H2,2H3. The van der Waals surface area contributed by atoms with Crippen LogP contribution in [0.5, 0.6) is 0 Å². The number of nitrogens with zero attached hydrogens (tertiary/aromatic N) is 4. The van der Waals surface area contributed by atoms with Gasteiger partial charge in [0, 0.05) is 18.5 Å². The summed E-state index contributed by atoms with van der Waals surface area (Å²) in [5, 5.41) is 4.67. The van der Waals surface area contributed by atoms with Crippen molar-refractivity contribution in [1.82, 2.24) is 19.2 Å². The Hall–Kier alpha value is -0.990. The molecule has 0 radical (unpaired) electrons. The second-order valence-electron chi connectivity index (χ2n) is 6.27. The van der Waals surface area contributed by atoms with Crippen molar-refractivity contribution < 1.29 is 8.42 Å². The highest BCUT2D eigenvalue weighted by molar-refractivity contribution is 7.91. The molecule has 2 fully saturated rings. The van der Waals surface area contributed by atoms with Gasteiger partial charge in [0.05, 0.1) is 18.2 Å². The van der Waals surface area contributed by atoms with Crippen molar-refractivity contribution in [1.29, 1.82) is 0 Å². The van der Waals surface area contributed by atoms with Crippen LogP contribution < -0.4 is 0 Å². The van der Waals surface area contributed by atoms with Crippen LogP contribution in [0.3, 0.4) is 0 Å². The van der Waals surface area contributed by atoms with E-state index in [2.05, 4.69) is 11.7 Å². The summed E-state index contributed by atoms with van der Waals surface area (Å²) in [6.07, 6.45) is 4.86. The number of hydrogen-bond donors (Lipinski definition) is 0. The van der Waals surface area contributed by atoms with Gasteiger partial charge in [0.1, 0.15) is 5.82 Å². The third-order valence-electron chi connectivity index (χ3n) is 4.39. The molecule has 0 spiro atoms. The van der Waals surface area contributed by atoms with Crippen LogP contribution in [0.4, 0.5) is 0 Å². The number of rotatable bonds is 6. The van der Waals surface area contributed by atoms with E-state index in [1.165, 1.54) is 12.8 Å². The summed E-state index contributed by atoms with van der Waals surface area (Å²) in [5.74, 6) is 2.07. The minimum absolute atomic E-state index is 0.0563. The van der Waals surface area contributed by atoms with Gasteiger partial charge in [0.2, 0.25) is 0 Å². The highest BCUT2D eigenvalue weighted by Crippen LogP contribution is 2.39. The maximum absolute atomic E-state index is 11.6. The smallest absolute Gasteiger partial charge is 0.199 e. The van der Waals surface area contributed by atoms with Gasteiger partial charge in [0.25, 0.3) is 0 Å². The number of aromatic nitrogens is 3. The number of allylic oxidation sites excluding steroid dienone is 1. The molecule has 1 atom stereocenters. The van der Waals surface area contributed by atoms with Gasteiger partial charge in [-0.1, -0.05) is 6.08 Å². The largest absolute Gasteiger partial charge is 0.300 e. The fourth-order valence-electron chi connectivity index (χ4n) is 2.94. The Morgan fingerprint density at radius 3 is 2.73 bits per heavy atom. The van der Waals surface area contributed by atoms with Crippen LogP contribution in [0, 0.1) is 4.77 Å². The van der Waals surface area contributed by atoms with Crippen molar-refractivity contribution in [2.45, 2.75) is 44.4 Å². The van der Waals surface area contributed by atoms with Crippen LogP contribution in [0.2, 0.25) is 0 Å². The van der Waals surface area contributed by atoms with Crippen LogP contribution in [-0.4, -0.2) is 52.3 Å². The van der Waals surface area contributed by atoms with Crippen LogP contribution >= 0.6 is 12.2 Å². The van der Waals surface area contributed by atoms with Gasteiger partial charge in [-0.3, -0.25) is 9.47 Å². The molecule has 0 amide bonds. The topological polar surface area (TPSA) is 60.1 Å². The van der Waals surface area contributed by atoms with E-state index in [1.54, 1.807) is 0 Å². The average Bonchev–Trinajstić information content (AvgIpc) is 3.17. The maximum atomic E-state index is 11.6. The monoisotopic (exact) mass is 342 g/mol. The summed E-state index contributed by atoms with van der Waals surface area (Å²) in [5.41, 5.74) is 0. The third kappa shape index (κ3) is 3.18. The van der Waals surface area contributed by atoms with Crippen molar-refractivity contribution in [2.75, 3.05) is 18.6 Å². The van der Waals surface area contributed by atoms with E-state index in [9.17, 15) is 8.42 Å². The molecule has 3 rings (SSSR count). The molecule has 6 nitrogen and oxygen atoms in total. The zero-order valence-corrected chi connectivity index (χ0v) is 14.4. The molecule has 1 aliphatic heterocycles. The Kier molecular flexibility index (Phi) is 4.26. The molecular weight excluding hydrogens is 320 g/mol. The lowest BCUT2D eigenvalue weighted by Crippen LogP contribution is -2.34. The summed E-state index contributed by atoms with van der Waals surface area (Å²) in [6, 6.07) is 0.0563. The first-order valence-electron chi connectivity index (χ1n) is 7.60. The van der Waals surface area contributed by atoms with Crippen LogP contribution in [0.15, 0.2) is 12.7 Å². The summed E-state index contributed by atoms with van der Waals surface area (Å²) in [7, 11) is -0.933. The van der Waals surface area contributed by atoms with Crippen molar-refractivity contribution in [3.05, 3.63) is 23.3 Å². The molecule has 8 heteroatoms. The molecule has 1 saturated heterocycles. The van der Waals surface area contributed by atoms with Crippen molar-refractivity contribution in [2.24, 2.45) is 0 Å². The molecule has 122 valence electrons. The Morgan fingerprint density at radius 2 is 2.18 bits per heavy atom. The maximum Gasteiger partial charge on any atom is 0.199 e. The predicted molar refractivity (Wildman–Crippen MR) is 88.0 cm³/mol. The van der Waals surface area contributed by atoms with E-state index < -0.39 is 9.84 Å². The van der Waals surface area contributed by atoms with Gasteiger partial charge >= 0.3 is 0 Å². The second kappa shape index (κ2) is 5.90. The zero-order valence-electron chi connectivity index (χ0n) is 12.8. The van der Waals surface area contributed by atoms with Crippen molar-refractivity contribution >= 4 is 22.1 Å². The first kappa shape index (κ1) is 15.9. The molecule has 1 saturated carbocycles. The van der Waals surface area contributed by atoms with Gasteiger partial charge in [-0.15, -0.1) is 6.58 Å². The predicted octanol–water partition coefficient (Wildman–Crippen LogP) is 1.55. The van der Waals surface area contributed by atoms with Gasteiger partial charge < -0.3 is 0 Å². The lowest BCUT2D eigenvalue weighted by molar-refractivity contribution is 0.196. The van der Waals surface area contributed by atoms with E-state index in [0.717, 1.165) is 5.82 Å². The molecule has 0 N–H and O–H groups in total. The zero-order chi connectivity index (χ0) is 15.9. The highest BCUT2D eigenvalue weighted by atomic mass is 32.2. The van der Waals surface area contributed by atoms with Gasteiger partial charge in [-0.2, -0.15) is 5.10 Å². The summed E-state index contributed by atoms with van der Waals surface area (Å²) in [4.78, 5) is 2.04. The Labute approximate surface area is 136 Å². The lowest BCUT2D eigenvalue weighted by atomic mass is 10.2. The molecule has 0 aromatic carbocycles. The normalized spacial score (nSPS) is 24.0. The Morgan fingerprint density at radius 1 is 1.45 bits per heavy atom. The fourth-order valence-corrected chi connectivity index (χ4v) is 5.02. The Balaban J connectivity index is 1.79. The van der Waals surface area contributed by atoms with E-state index in [0.29, 0.717) is 30.3 Å². The first-order valence-corrected chi connectivity index (χ1v) is 9.83. The van der Waals surface area contributed by atoms with E-state index in [-0.39, 0.29) is 17.5 Å². The molecule has 1 aromatic rings. The van der Waals surface area contributed by atoms with Gasteiger partial charge in [-0.25, -0.2) is 13.1 Å². The molecule has 2 aliphatic rings. The third-order valence-corrected chi connectivity index (χ3v) is 6.58. The molecule has 0 bridgehead atoms. The Bertz CT molecular complexity index is 731. The van der Waals surface area contributed by atoms with Crippen LogP contribution in [0.25, 0.3) is 0 Å². The summed E-state index contributed by atoms with van der Waals surface area (Å²) in [6.45, 7) is 4.99. The molecule has 1 unspecified atom stereocenters. The first-order chi connectivity index (χ1) is 10.4. The van der Waals surface area contributed by atoms with Gasteiger partial charge in [0.15, 0.2) is 14.6 Å². The van der Waals surface area contributed by atoms with E-state index >= 15 is 0 Å². The second-order valence-corrected chi connectivity index (χ2v) is 8.86. The van der Waals surface area contributed by atoms with Crippen LogP contribution in [-0.2, 0) is 23.1 Å². The molecule has 1 aliphatic carbocycles. The van der Waals surface area contributed by atoms with Crippen molar-refractivity contribution in [3.63, 3.8) is 0 Å². The van der Waals surface area contributed by atoms with Crippen molar-refractivity contribution in [3.8, 4) is 0 Å². The fraction of sp³-hybridized carbons (Fsp3) is 0.714. The lowest BCUT2D eigenvalue weighted by Gasteiger charge is -2.22. The minimum Gasteiger partial charge on any atom is -0.300 e. The number of sulfone groups is 1. The van der Waals surface area contributed by atoms with E-state index in [1.807, 2.05) is 27.3 Å². The van der Waals surface area contributed by atoms with Gasteiger partial charge in [-0.05, 0) is 38.5 Å². The quantitative estimate of drug-likeness (QED) is 0.580. The summed E-state index contributed by atoms with van der Waals surface area (Å²) >= 11 is 5.53. The highest BCUT2D eigenvalue weighted by Gasteiger charge is 2.32. The SMILES string of the molecule is C=CCn1c(C2CC2)nn(CN(C)C2CCS(=O)(=O)C2)c1=S. The molecular formula is C14H22N4O2S2. The molecule has 1 aromatic heterocycles. The number of hydrogen-bond acceptors (Lipinski definition) is 5.